The predicted molar refractivity (Wildman–Crippen MR) is 75.3 cm³/mol. The Morgan fingerprint density at radius 3 is 2.79 bits per heavy atom. The minimum Gasteiger partial charge on any atom is -0.494 e. The Bertz CT molecular complexity index is 551. The third-order valence-electron chi connectivity index (χ3n) is 3.11. The van der Waals surface area contributed by atoms with E-state index >= 15 is 0 Å². The Morgan fingerprint density at radius 2 is 2.16 bits per heavy atom. The lowest BCUT2D eigenvalue weighted by Crippen LogP contribution is -2.03. The molecule has 0 radical (unpaired) electrons. The number of hydrogen-bond acceptors (Lipinski definition) is 3. The van der Waals surface area contributed by atoms with Crippen molar-refractivity contribution in [2.45, 2.75) is 25.9 Å². The molecule has 1 heterocycles. The van der Waals surface area contributed by atoms with Crippen molar-refractivity contribution in [1.82, 2.24) is 0 Å². The molecule has 1 N–H and O–H groups in total. The maximum atomic E-state index is 13.6. The van der Waals surface area contributed by atoms with Crippen LogP contribution in [0.1, 0.15) is 29.0 Å². The van der Waals surface area contributed by atoms with Crippen molar-refractivity contribution in [2.75, 3.05) is 7.11 Å². The Hall–Kier alpha value is -1.39. The molecule has 0 aliphatic heterocycles. The number of aryl methyl sites for hydroxylation is 1. The second kappa shape index (κ2) is 6.17. The minimum absolute atomic E-state index is 0.226. The average molecular weight is 280 g/mol. The Morgan fingerprint density at radius 1 is 1.37 bits per heavy atom. The molecule has 102 valence electrons. The van der Waals surface area contributed by atoms with Crippen LogP contribution in [0.4, 0.5) is 4.39 Å². The van der Waals surface area contributed by atoms with E-state index < -0.39 is 11.9 Å². The predicted octanol–water partition coefficient (Wildman–Crippen LogP) is 3.73. The van der Waals surface area contributed by atoms with Crippen LogP contribution in [-0.2, 0) is 12.8 Å². The first-order valence-electron chi connectivity index (χ1n) is 6.22. The Labute approximate surface area is 116 Å². The van der Waals surface area contributed by atoms with Gasteiger partial charge in [0, 0.05) is 11.3 Å². The van der Waals surface area contributed by atoms with E-state index in [1.165, 1.54) is 13.2 Å². The smallest absolute Gasteiger partial charge is 0.165 e. The number of benzene rings is 1. The van der Waals surface area contributed by atoms with E-state index in [1.54, 1.807) is 23.5 Å². The van der Waals surface area contributed by atoms with Gasteiger partial charge in [-0.2, -0.15) is 0 Å². The Kier molecular flexibility index (Phi) is 4.56. The standard InChI is InChI=1S/C15H17FO2S/c1-3-11-6-7-19-15(11)13(17)9-10-4-5-14(18-2)12(16)8-10/h4-8,13,17H,3,9H2,1-2H3. The van der Waals surface area contributed by atoms with Crippen molar-refractivity contribution >= 4 is 11.3 Å². The molecule has 0 amide bonds. The summed E-state index contributed by atoms with van der Waals surface area (Å²) in [5.41, 5.74) is 1.92. The highest BCUT2D eigenvalue weighted by Gasteiger charge is 2.15. The largest absolute Gasteiger partial charge is 0.494 e. The van der Waals surface area contributed by atoms with E-state index in [1.807, 2.05) is 11.4 Å². The average Bonchev–Trinajstić information content (AvgIpc) is 2.87. The fourth-order valence-electron chi connectivity index (χ4n) is 2.08. The second-order valence-electron chi connectivity index (χ2n) is 4.35. The van der Waals surface area contributed by atoms with Gasteiger partial charge in [0.2, 0.25) is 0 Å². The number of ether oxygens (including phenoxy) is 1. The molecule has 0 aliphatic carbocycles. The summed E-state index contributed by atoms with van der Waals surface area (Å²) < 4.78 is 18.5. The molecule has 1 unspecified atom stereocenters. The Balaban J connectivity index is 2.15. The van der Waals surface area contributed by atoms with E-state index in [-0.39, 0.29) is 5.75 Å². The van der Waals surface area contributed by atoms with Crippen LogP contribution >= 0.6 is 11.3 Å². The van der Waals surface area contributed by atoms with E-state index in [4.69, 9.17) is 4.74 Å². The number of methoxy groups -OCH3 is 1. The molecule has 1 aromatic carbocycles. The first kappa shape index (κ1) is 14.0. The molecule has 2 nitrogen and oxygen atoms in total. The monoisotopic (exact) mass is 280 g/mol. The van der Waals surface area contributed by atoms with Crippen LogP contribution < -0.4 is 4.74 Å². The SMILES string of the molecule is CCc1ccsc1C(O)Cc1ccc(OC)c(F)c1. The highest BCUT2D eigenvalue weighted by molar-refractivity contribution is 7.10. The van der Waals surface area contributed by atoms with Crippen LogP contribution in [0.25, 0.3) is 0 Å². The lowest BCUT2D eigenvalue weighted by atomic mass is 10.0. The molecule has 0 fully saturated rings. The molecule has 19 heavy (non-hydrogen) atoms. The summed E-state index contributed by atoms with van der Waals surface area (Å²) in [6.07, 6.45) is 0.726. The molecule has 0 saturated heterocycles. The van der Waals surface area contributed by atoms with Gasteiger partial charge in [-0.3, -0.25) is 0 Å². The van der Waals surface area contributed by atoms with Gasteiger partial charge >= 0.3 is 0 Å². The van der Waals surface area contributed by atoms with Gasteiger partial charge in [0.25, 0.3) is 0 Å². The van der Waals surface area contributed by atoms with Crippen molar-refractivity contribution in [3.63, 3.8) is 0 Å². The van der Waals surface area contributed by atoms with E-state index in [0.717, 1.165) is 22.4 Å². The van der Waals surface area contributed by atoms with Crippen LogP contribution in [0, 0.1) is 5.82 Å². The summed E-state index contributed by atoms with van der Waals surface area (Å²) in [7, 11) is 1.44. The molecule has 1 aromatic heterocycles. The molecule has 2 aromatic rings. The van der Waals surface area contributed by atoms with Gasteiger partial charge in [0.1, 0.15) is 0 Å². The lowest BCUT2D eigenvalue weighted by molar-refractivity contribution is 0.181. The summed E-state index contributed by atoms with van der Waals surface area (Å²) in [6, 6.07) is 6.82. The van der Waals surface area contributed by atoms with Crippen LogP contribution in [-0.4, -0.2) is 12.2 Å². The zero-order valence-corrected chi connectivity index (χ0v) is 11.8. The highest BCUT2D eigenvalue weighted by Crippen LogP contribution is 2.28. The van der Waals surface area contributed by atoms with Gasteiger partial charge in [-0.05, 0) is 41.1 Å². The number of thiophene rings is 1. The zero-order chi connectivity index (χ0) is 13.8. The summed E-state index contributed by atoms with van der Waals surface area (Å²) in [4.78, 5) is 0.971. The summed E-state index contributed by atoms with van der Waals surface area (Å²) in [5, 5.41) is 12.2. The van der Waals surface area contributed by atoms with Crippen LogP contribution in [0.5, 0.6) is 5.75 Å². The van der Waals surface area contributed by atoms with Crippen molar-refractivity contribution in [3.8, 4) is 5.75 Å². The fourth-order valence-corrected chi connectivity index (χ4v) is 3.07. The molecule has 4 heteroatoms. The van der Waals surface area contributed by atoms with Gasteiger partial charge in [0.05, 0.1) is 13.2 Å². The first-order valence-corrected chi connectivity index (χ1v) is 7.10. The molecule has 0 aliphatic rings. The van der Waals surface area contributed by atoms with Crippen LogP contribution in [0.15, 0.2) is 29.6 Å². The molecule has 1 atom stereocenters. The van der Waals surface area contributed by atoms with Crippen molar-refractivity contribution in [2.24, 2.45) is 0 Å². The van der Waals surface area contributed by atoms with Gasteiger partial charge in [-0.15, -0.1) is 11.3 Å². The lowest BCUT2D eigenvalue weighted by Gasteiger charge is -2.12. The van der Waals surface area contributed by atoms with Gasteiger partial charge < -0.3 is 9.84 Å². The van der Waals surface area contributed by atoms with Gasteiger partial charge in [0.15, 0.2) is 11.6 Å². The number of rotatable bonds is 5. The molecular weight excluding hydrogens is 263 g/mol. The van der Waals surface area contributed by atoms with Crippen LogP contribution in [0.3, 0.4) is 0 Å². The third-order valence-corrected chi connectivity index (χ3v) is 4.17. The zero-order valence-electron chi connectivity index (χ0n) is 11.0. The number of hydrogen-bond donors (Lipinski definition) is 1. The normalized spacial score (nSPS) is 12.4. The number of halogens is 1. The summed E-state index contributed by atoms with van der Waals surface area (Å²) in [6.45, 7) is 2.06. The van der Waals surface area contributed by atoms with Crippen molar-refractivity contribution in [1.29, 1.82) is 0 Å². The maximum Gasteiger partial charge on any atom is 0.165 e. The van der Waals surface area contributed by atoms with Crippen molar-refractivity contribution < 1.29 is 14.2 Å². The van der Waals surface area contributed by atoms with Gasteiger partial charge in [-0.1, -0.05) is 13.0 Å². The minimum atomic E-state index is -0.581. The molecule has 2 rings (SSSR count). The fraction of sp³-hybridized carbons (Fsp3) is 0.333. The first-order chi connectivity index (χ1) is 9.15. The van der Waals surface area contributed by atoms with Gasteiger partial charge in [-0.25, -0.2) is 4.39 Å². The summed E-state index contributed by atoms with van der Waals surface area (Å²) >= 11 is 1.54. The quantitative estimate of drug-likeness (QED) is 0.904. The number of aliphatic hydroxyl groups excluding tert-OH is 1. The highest BCUT2D eigenvalue weighted by atomic mass is 32.1. The number of aliphatic hydroxyl groups is 1. The molecule has 0 spiro atoms. The topological polar surface area (TPSA) is 29.5 Å². The summed E-state index contributed by atoms with van der Waals surface area (Å²) in [5.74, 6) is -0.169. The van der Waals surface area contributed by atoms with E-state index in [0.29, 0.717) is 6.42 Å². The maximum absolute atomic E-state index is 13.6. The molecule has 0 bridgehead atoms. The second-order valence-corrected chi connectivity index (χ2v) is 5.30. The van der Waals surface area contributed by atoms with E-state index in [2.05, 4.69) is 6.92 Å². The molecular formula is C15H17FO2S. The molecule has 0 saturated carbocycles. The van der Waals surface area contributed by atoms with Crippen LogP contribution in [0.2, 0.25) is 0 Å². The van der Waals surface area contributed by atoms with Crippen molar-refractivity contribution in [3.05, 3.63) is 51.5 Å². The third kappa shape index (κ3) is 3.14. The van der Waals surface area contributed by atoms with E-state index in [9.17, 15) is 9.50 Å².